The Hall–Kier alpha value is -2.27. The Labute approximate surface area is 149 Å². The summed E-state index contributed by atoms with van der Waals surface area (Å²) in [6.45, 7) is 4.67. The maximum absolute atomic E-state index is 13.3. The average Bonchev–Trinajstić information content (AvgIpc) is 2.59. The van der Waals surface area contributed by atoms with Crippen molar-refractivity contribution in [2.24, 2.45) is 0 Å². The van der Waals surface area contributed by atoms with Gasteiger partial charge in [-0.2, -0.15) is 0 Å². The first kappa shape index (κ1) is 19.1. The quantitative estimate of drug-likeness (QED) is 0.841. The van der Waals surface area contributed by atoms with Crippen LogP contribution in [0.15, 0.2) is 48.8 Å². The molecule has 134 valence electrons. The number of amides is 1. The number of aromatic nitrogens is 1. The van der Waals surface area contributed by atoms with E-state index in [-0.39, 0.29) is 23.2 Å². The van der Waals surface area contributed by atoms with Crippen molar-refractivity contribution in [3.63, 3.8) is 0 Å². The molecule has 0 aliphatic rings. The summed E-state index contributed by atoms with van der Waals surface area (Å²) in [4.78, 5) is 19.0. The molecule has 1 unspecified atom stereocenters. The van der Waals surface area contributed by atoms with Gasteiger partial charge >= 0.3 is 0 Å². The van der Waals surface area contributed by atoms with E-state index in [0.717, 1.165) is 11.1 Å². The van der Waals surface area contributed by atoms with Crippen LogP contribution in [0.1, 0.15) is 30.9 Å². The van der Waals surface area contributed by atoms with Crippen LogP contribution in [-0.4, -0.2) is 42.0 Å². The molecule has 25 heavy (non-hydrogen) atoms. The SMILES string of the molecule is CN(C)C(C)(C)CNC(=O)C(Cc1cccnc1)c1ccc(F)cc1. The smallest absolute Gasteiger partial charge is 0.227 e. The summed E-state index contributed by atoms with van der Waals surface area (Å²) in [6, 6.07) is 9.93. The van der Waals surface area contributed by atoms with Crippen molar-refractivity contribution >= 4 is 5.91 Å². The Morgan fingerprint density at radius 1 is 1.24 bits per heavy atom. The Balaban J connectivity index is 2.18. The van der Waals surface area contributed by atoms with Crippen LogP contribution in [0.4, 0.5) is 4.39 Å². The van der Waals surface area contributed by atoms with Crippen molar-refractivity contribution in [3.05, 3.63) is 65.7 Å². The van der Waals surface area contributed by atoms with Crippen molar-refractivity contribution in [2.45, 2.75) is 31.7 Å². The molecule has 1 amide bonds. The van der Waals surface area contributed by atoms with Gasteiger partial charge in [-0.25, -0.2) is 4.39 Å². The average molecular weight is 343 g/mol. The van der Waals surface area contributed by atoms with E-state index in [1.54, 1.807) is 24.5 Å². The number of pyridine rings is 1. The molecule has 5 heteroatoms. The van der Waals surface area contributed by atoms with Crippen molar-refractivity contribution in [3.8, 4) is 0 Å². The number of rotatable bonds is 7. The number of hydrogen-bond donors (Lipinski definition) is 1. The standard InChI is InChI=1S/C20H26FN3O/c1-20(2,24(3)4)14-23-19(25)18(12-15-6-5-11-22-13-15)16-7-9-17(21)10-8-16/h5-11,13,18H,12,14H2,1-4H3,(H,23,25). The lowest BCUT2D eigenvalue weighted by molar-refractivity contribution is -0.123. The van der Waals surface area contributed by atoms with E-state index in [1.807, 2.05) is 26.2 Å². The topological polar surface area (TPSA) is 45.2 Å². The Kier molecular flexibility index (Phi) is 6.26. The third kappa shape index (κ3) is 5.36. The van der Waals surface area contributed by atoms with E-state index in [2.05, 4.69) is 29.0 Å². The number of nitrogens with one attached hydrogen (secondary N) is 1. The molecular formula is C20H26FN3O. The van der Waals surface area contributed by atoms with Gasteiger partial charge in [-0.15, -0.1) is 0 Å². The molecule has 1 aromatic heterocycles. The van der Waals surface area contributed by atoms with Crippen LogP contribution in [-0.2, 0) is 11.2 Å². The predicted octanol–water partition coefficient (Wildman–Crippen LogP) is 3.00. The van der Waals surface area contributed by atoms with Gasteiger partial charge in [0.25, 0.3) is 0 Å². The van der Waals surface area contributed by atoms with Gasteiger partial charge in [-0.05, 0) is 63.7 Å². The summed E-state index contributed by atoms with van der Waals surface area (Å²) in [5.41, 5.74) is 1.61. The van der Waals surface area contributed by atoms with Crippen molar-refractivity contribution in [1.82, 2.24) is 15.2 Å². The highest BCUT2D eigenvalue weighted by molar-refractivity contribution is 5.84. The molecule has 0 spiro atoms. The largest absolute Gasteiger partial charge is 0.354 e. The lowest BCUT2D eigenvalue weighted by Crippen LogP contribution is -2.49. The van der Waals surface area contributed by atoms with E-state index in [1.165, 1.54) is 12.1 Å². The van der Waals surface area contributed by atoms with E-state index < -0.39 is 0 Å². The van der Waals surface area contributed by atoms with E-state index >= 15 is 0 Å². The lowest BCUT2D eigenvalue weighted by atomic mass is 9.91. The predicted molar refractivity (Wildman–Crippen MR) is 97.9 cm³/mol. The van der Waals surface area contributed by atoms with Gasteiger partial charge in [0.2, 0.25) is 5.91 Å². The number of nitrogens with zero attached hydrogens (tertiary/aromatic N) is 2. The Bertz CT molecular complexity index is 684. The van der Waals surface area contributed by atoms with E-state index in [4.69, 9.17) is 0 Å². The summed E-state index contributed by atoms with van der Waals surface area (Å²) in [7, 11) is 3.97. The first-order chi connectivity index (χ1) is 11.8. The summed E-state index contributed by atoms with van der Waals surface area (Å²) in [6.07, 6.45) is 3.98. The van der Waals surface area contributed by atoms with Crippen LogP contribution in [0.3, 0.4) is 0 Å². The van der Waals surface area contributed by atoms with Crippen LogP contribution >= 0.6 is 0 Å². The monoisotopic (exact) mass is 343 g/mol. The van der Waals surface area contributed by atoms with Gasteiger partial charge in [0.1, 0.15) is 5.82 Å². The zero-order valence-electron chi connectivity index (χ0n) is 15.3. The second kappa shape index (κ2) is 8.21. The van der Waals surface area contributed by atoms with Gasteiger partial charge in [-0.1, -0.05) is 18.2 Å². The molecule has 0 aliphatic carbocycles. The molecule has 0 bridgehead atoms. The van der Waals surface area contributed by atoms with Gasteiger partial charge in [-0.3, -0.25) is 9.78 Å². The number of likely N-dealkylation sites (N-methyl/N-ethyl adjacent to an activating group) is 1. The third-order valence-electron chi connectivity index (χ3n) is 4.66. The van der Waals surface area contributed by atoms with Crippen molar-refractivity contribution < 1.29 is 9.18 Å². The minimum Gasteiger partial charge on any atom is -0.354 e. The molecule has 0 saturated carbocycles. The fourth-order valence-corrected chi connectivity index (χ4v) is 2.40. The number of carbonyl (C=O) groups is 1. The van der Waals surface area contributed by atoms with Crippen LogP contribution in [0.5, 0.6) is 0 Å². The van der Waals surface area contributed by atoms with Crippen LogP contribution in [0, 0.1) is 5.82 Å². The molecule has 0 aliphatic heterocycles. The first-order valence-electron chi connectivity index (χ1n) is 8.39. The van der Waals surface area contributed by atoms with E-state index in [0.29, 0.717) is 13.0 Å². The normalized spacial score (nSPS) is 12.9. The summed E-state index contributed by atoms with van der Waals surface area (Å²) < 4.78 is 13.3. The van der Waals surface area contributed by atoms with Crippen molar-refractivity contribution in [1.29, 1.82) is 0 Å². The minimum atomic E-state index is -0.386. The Morgan fingerprint density at radius 2 is 1.92 bits per heavy atom. The summed E-state index contributed by atoms with van der Waals surface area (Å²) in [5.74, 6) is -0.758. The van der Waals surface area contributed by atoms with Gasteiger partial charge < -0.3 is 10.2 Å². The minimum absolute atomic E-state index is 0.0645. The molecule has 1 atom stereocenters. The molecule has 2 rings (SSSR count). The number of carbonyl (C=O) groups excluding carboxylic acids is 1. The fourth-order valence-electron chi connectivity index (χ4n) is 2.40. The molecular weight excluding hydrogens is 317 g/mol. The zero-order valence-corrected chi connectivity index (χ0v) is 15.3. The molecule has 0 fully saturated rings. The highest BCUT2D eigenvalue weighted by atomic mass is 19.1. The van der Waals surface area contributed by atoms with Crippen molar-refractivity contribution in [2.75, 3.05) is 20.6 Å². The van der Waals surface area contributed by atoms with Gasteiger partial charge in [0.05, 0.1) is 5.92 Å². The second-order valence-electron chi connectivity index (χ2n) is 7.09. The molecule has 0 radical (unpaired) electrons. The van der Waals surface area contributed by atoms with Crippen LogP contribution in [0.25, 0.3) is 0 Å². The zero-order chi connectivity index (χ0) is 18.4. The number of halogens is 1. The summed E-state index contributed by atoms with van der Waals surface area (Å²) in [5, 5.41) is 3.04. The van der Waals surface area contributed by atoms with Crippen LogP contribution in [0.2, 0.25) is 0 Å². The highest BCUT2D eigenvalue weighted by Crippen LogP contribution is 2.22. The fraction of sp³-hybridized carbons (Fsp3) is 0.400. The summed E-state index contributed by atoms with van der Waals surface area (Å²) >= 11 is 0. The third-order valence-corrected chi connectivity index (χ3v) is 4.66. The molecule has 0 saturated heterocycles. The number of hydrogen-bond acceptors (Lipinski definition) is 3. The highest BCUT2D eigenvalue weighted by Gasteiger charge is 2.25. The van der Waals surface area contributed by atoms with Gasteiger partial charge in [0.15, 0.2) is 0 Å². The molecule has 4 nitrogen and oxygen atoms in total. The van der Waals surface area contributed by atoms with Crippen LogP contribution < -0.4 is 5.32 Å². The number of benzene rings is 1. The van der Waals surface area contributed by atoms with E-state index in [9.17, 15) is 9.18 Å². The molecule has 1 N–H and O–H groups in total. The molecule has 1 heterocycles. The maximum Gasteiger partial charge on any atom is 0.227 e. The second-order valence-corrected chi connectivity index (χ2v) is 7.09. The first-order valence-corrected chi connectivity index (χ1v) is 8.39. The van der Waals surface area contributed by atoms with Gasteiger partial charge in [0, 0.05) is 24.5 Å². The maximum atomic E-state index is 13.3. The molecule has 1 aromatic carbocycles. The Morgan fingerprint density at radius 3 is 2.48 bits per heavy atom. The lowest BCUT2D eigenvalue weighted by Gasteiger charge is -2.33. The molecule has 2 aromatic rings.